The van der Waals surface area contributed by atoms with Crippen LogP contribution in [0.25, 0.3) is 10.9 Å². The Bertz CT molecular complexity index is 1490. The molecule has 5 aliphatic rings. The number of carbonyl (C=O) groups is 1. The average Bonchev–Trinajstić information content (AvgIpc) is 3.55. The summed E-state index contributed by atoms with van der Waals surface area (Å²) < 4.78 is 6.69. The largest absolute Gasteiger partial charge is 0.504 e. The van der Waals surface area contributed by atoms with E-state index in [4.69, 9.17) is 4.74 Å². The molecule has 4 atom stereocenters. The van der Waals surface area contributed by atoms with Gasteiger partial charge in [0.15, 0.2) is 17.6 Å². The van der Waals surface area contributed by atoms with Gasteiger partial charge in [0, 0.05) is 48.4 Å². The summed E-state index contributed by atoms with van der Waals surface area (Å²) in [6, 6.07) is 10.3. The number of amides is 1. The second-order valence-corrected chi connectivity index (χ2v) is 12.3. The molecule has 198 valence electrons. The number of rotatable bonds is 6. The van der Waals surface area contributed by atoms with E-state index in [2.05, 4.69) is 39.5 Å². The van der Waals surface area contributed by atoms with Crippen molar-refractivity contribution in [1.29, 1.82) is 0 Å². The second kappa shape index (κ2) is 7.76. The number of aromatic nitrogens is 1. The molecule has 38 heavy (non-hydrogen) atoms. The Balaban J connectivity index is 1.26. The van der Waals surface area contributed by atoms with Gasteiger partial charge in [-0.2, -0.15) is 0 Å². The lowest BCUT2D eigenvalue weighted by Gasteiger charge is -2.62. The molecule has 1 saturated heterocycles. The van der Waals surface area contributed by atoms with Crippen LogP contribution in [0.1, 0.15) is 66.7 Å². The van der Waals surface area contributed by atoms with Crippen molar-refractivity contribution in [2.45, 2.75) is 75.0 Å². The number of aromatic amines is 1. The summed E-state index contributed by atoms with van der Waals surface area (Å²) in [5, 5.41) is 27.9. The molecule has 3 aromatic rings. The van der Waals surface area contributed by atoms with Crippen molar-refractivity contribution in [3.8, 4) is 11.5 Å². The fourth-order valence-electron chi connectivity index (χ4n) is 8.30. The third-order valence-electron chi connectivity index (χ3n) is 10.3. The van der Waals surface area contributed by atoms with Crippen molar-refractivity contribution in [2.75, 3.05) is 19.6 Å². The van der Waals surface area contributed by atoms with Gasteiger partial charge in [0.1, 0.15) is 0 Å². The Morgan fingerprint density at radius 1 is 1.26 bits per heavy atom. The molecule has 1 amide bonds. The minimum atomic E-state index is -0.982. The number of fused-ring (bicyclic) bond motifs is 4. The van der Waals surface area contributed by atoms with Crippen LogP contribution in [-0.4, -0.2) is 57.3 Å². The van der Waals surface area contributed by atoms with Gasteiger partial charge in [0.25, 0.3) is 0 Å². The summed E-state index contributed by atoms with van der Waals surface area (Å²) in [5.74, 6) is 1.56. The standard InChI is InChI=1S/C31H35N3O4/c1-2-25(36)32-11-9-17-5-7-22-20(13-17)21-15-31(37)24-14-19-6-8-23(35)28-26(19)30(31,29(38-28)27(21)33-22)10-12-34(24)16-18-3-4-18/h5-8,13,18,24,29,33,35,37H,2-4,9-12,14-16H2,1H3,(H,32,36)/t24-,29-,30-,31+/m0/s1. The number of hydrogen-bond acceptors (Lipinski definition) is 5. The predicted octanol–water partition coefficient (Wildman–Crippen LogP) is 3.64. The minimum Gasteiger partial charge on any atom is -0.504 e. The Hall–Kier alpha value is -3.03. The van der Waals surface area contributed by atoms with Crippen LogP contribution in [-0.2, 0) is 29.5 Å². The van der Waals surface area contributed by atoms with Gasteiger partial charge in [-0.15, -0.1) is 0 Å². The molecule has 0 radical (unpaired) electrons. The van der Waals surface area contributed by atoms with Gasteiger partial charge in [-0.1, -0.05) is 19.1 Å². The number of hydrogen-bond donors (Lipinski definition) is 4. The minimum absolute atomic E-state index is 0.0245. The highest BCUT2D eigenvalue weighted by atomic mass is 16.5. The lowest BCUT2D eigenvalue weighted by molar-refractivity contribution is -0.173. The number of carbonyl (C=O) groups excluding carboxylic acids is 1. The number of nitrogens with one attached hydrogen (secondary N) is 2. The Kier molecular flexibility index (Phi) is 4.68. The molecule has 4 N–H and O–H groups in total. The molecule has 0 unspecified atom stereocenters. The molecule has 3 heterocycles. The maximum absolute atomic E-state index is 13.0. The molecule has 2 aliphatic heterocycles. The molecule has 1 spiro atoms. The molecule has 2 aromatic carbocycles. The van der Waals surface area contributed by atoms with Crippen LogP contribution in [0.2, 0.25) is 0 Å². The van der Waals surface area contributed by atoms with E-state index in [1.165, 1.54) is 18.4 Å². The van der Waals surface area contributed by atoms with Gasteiger partial charge < -0.3 is 25.3 Å². The van der Waals surface area contributed by atoms with Crippen LogP contribution < -0.4 is 10.1 Å². The van der Waals surface area contributed by atoms with Crippen LogP contribution in [0.15, 0.2) is 30.3 Å². The van der Waals surface area contributed by atoms with Gasteiger partial charge in [0.05, 0.1) is 16.7 Å². The Labute approximate surface area is 222 Å². The van der Waals surface area contributed by atoms with Crippen LogP contribution in [0, 0.1) is 5.92 Å². The molecular weight excluding hydrogens is 478 g/mol. The molecule has 2 bridgehead atoms. The van der Waals surface area contributed by atoms with Crippen molar-refractivity contribution in [1.82, 2.24) is 15.2 Å². The molecule has 1 saturated carbocycles. The van der Waals surface area contributed by atoms with E-state index in [1.807, 2.05) is 6.92 Å². The number of ether oxygens (including phenoxy) is 1. The van der Waals surface area contributed by atoms with Crippen molar-refractivity contribution >= 4 is 16.8 Å². The smallest absolute Gasteiger partial charge is 0.219 e. The lowest BCUT2D eigenvalue weighted by atomic mass is 9.49. The summed E-state index contributed by atoms with van der Waals surface area (Å²) in [7, 11) is 0. The third-order valence-corrected chi connectivity index (χ3v) is 10.3. The molecule has 1 aromatic heterocycles. The quantitative estimate of drug-likeness (QED) is 0.404. The number of aromatic hydroxyl groups is 1. The highest BCUT2D eigenvalue weighted by molar-refractivity contribution is 5.87. The predicted molar refractivity (Wildman–Crippen MR) is 144 cm³/mol. The van der Waals surface area contributed by atoms with Gasteiger partial charge in [-0.05, 0) is 79.5 Å². The first kappa shape index (κ1) is 22.9. The summed E-state index contributed by atoms with van der Waals surface area (Å²) in [6.07, 6.45) is 5.65. The number of H-pyrrole nitrogens is 1. The Morgan fingerprint density at radius 3 is 2.95 bits per heavy atom. The van der Waals surface area contributed by atoms with Crippen molar-refractivity contribution in [3.05, 3.63) is 58.3 Å². The Morgan fingerprint density at radius 2 is 2.13 bits per heavy atom. The van der Waals surface area contributed by atoms with E-state index < -0.39 is 11.0 Å². The van der Waals surface area contributed by atoms with Crippen LogP contribution in [0.3, 0.4) is 0 Å². The molecular formula is C31H35N3O4. The number of likely N-dealkylation sites (tertiary alicyclic amines) is 1. The fourth-order valence-corrected chi connectivity index (χ4v) is 8.30. The molecule has 7 nitrogen and oxygen atoms in total. The fraction of sp³-hybridized carbons (Fsp3) is 0.516. The normalized spacial score (nSPS) is 30.6. The van der Waals surface area contributed by atoms with Crippen LogP contribution in [0.5, 0.6) is 11.5 Å². The third kappa shape index (κ3) is 2.89. The number of aliphatic hydroxyl groups is 1. The number of phenols is 1. The topological polar surface area (TPSA) is 97.8 Å². The van der Waals surface area contributed by atoms with Crippen molar-refractivity contribution in [3.63, 3.8) is 0 Å². The summed E-state index contributed by atoms with van der Waals surface area (Å²) in [4.78, 5) is 18.0. The highest BCUT2D eigenvalue weighted by Gasteiger charge is 2.72. The summed E-state index contributed by atoms with van der Waals surface area (Å²) in [5.41, 5.74) is 5.09. The number of nitrogens with zero attached hydrogens (tertiary/aromatic N) is 1. The van der Waals surface area contributed by atoms with Gasteiger partial charge in [-0.25, -0.2) is 0 Å². The first-order chi connectivity index (χ1) is 18.4. The van der Waals surface area contributed by atoms with E-state index in [0.717, 1.165) is 71.6 Å². The van der Waals surface area contributed by atoms with E-state index >= 15 is 0 Å². The zero-order valence-electron chi connectivity index (χ0n) is 21.8. The van der Waals surface area contributed by atoms with Crippen molar-refractivity contribution < 1.29 is 19.7 Å². The van der Waals surface area contributed by atoms with Gasteiger partial charge in [-0.3, -0.25) is 9.69 Å². The summed E-state index contributed by atoms with van der Waals surface area (Å²) >= 11 is 0. The SMILES string of the molecule is CCC(=O)NCCc1ccc2[nH]c3c(c2c1)C[C@@]1(O)[C@@H]2Cc4ccc(O)c5c4[C@@]1(CCN2CC1CC1)[C@H]3O5. The maximum Gasteiger partial charge on any atom is 0.219 e. The second-order valence-electron chi connectivity index (χ2n) is 12.3. The van der Waals surface area contributed by atoms with Crippen molar-refractivity contribution in [2.24, 2.45) is 5.92 Å². The lowest BCUT2D eigenvalue weighted by Crippen LogP contribution is -2.74. The highest BCUT2D eigenvalue weighted by Crippen LogP contribution is 2.69. The first-order valence-electron chi connectivity index (χ1n) is 14.3. The van der Waals surface area contributed by atoms with E-state index in [-0.39, 0.29) is 23.8 Å². The van der Waals surface area contributed by atoms with Gasteiger partial charge >= 0.3 is 0 Å². The summed E-state index contributed by atoms with van der Waals surface area (Å²) in [6.45, 7) is 4.48. The van der Waals surface area contributed by atoms with Gasteiger partial charge in [0.2, 0.25) is 5.91 Å². The first-order valence-corrected chi connectivity index (χ1v) is 14.3. The van der Waals surface area contributed by atoms with E-state index in [0.29, 0.717) is 25.1 Å². The maximum atomic E-state index is 13.0. The molecule has 2 fully saturated rings. The molecule has 3 aliphatic carbocycles. The van der Waals surface area contributed by atoms with Crippen LogP contribution in [0.4, 0.5) is 0 Å². The van der Waals surface area contributed by atoms with E-state index in [9.17, 15) is 15.0 Å². The monoisotopic (exact) mass is 513 g/mol. The molecule has 7 heteroatoms. The molecule has 8 rings (SSSR count). The van der Waals surface area contributed by atoms with E-state index in [1.54, 1.807) is 6.07 Å². The van der Waals surface area contributed by atoms with Crippen LogP contribution >= 0.6 is 0 Å². The number of piperidine rings is 1. The average molecular weight is 514 g/mol. The zero-order valence-corrected chi connectivity index (χ0v) is 21.8. The zero-order chi connectivity index (χ0) is 25.8. The number of benzene rings is 2. The number of phenolic OH excluding ortho intramolecular Hbond substituents is 1.